The van der Waals surface area contributed by atoms with Crippen molar-refractivity contribution in [3.63, 3.8) is 0 Å². The molecule has 0 aliphatic rings. The van der Waals surface area contributed by atoms with Gasteiger partial charge in [0.15, 0.2) is 0 Å². The average Bonchev–Trinajstić information content (AvgIpc) is 2.38. The van der Waals surface area contributed by atoms with Crippen LogP contribution in [0.2, 0.25) is 0 Å². The van der Waals surface area contributed by atoms with Gasteiger partial charge < -0.3 is 10.6 Å². The standard InChI is InChI=1S/C15H16F2N2O2/c1-15(2,3)19-12-11(13(20)14(12)21)18-7-8-4-5-9(16)6-10(8)17/h4-6,18-19H,7H2,1-3H3. The molecule has 0 unspecified atom stereocenters. The third kappa shape index (κ3) is 3.26. The van der Waals surface area contributed by atoms with Crippen molar-refractivity contribution < 1.29 is 8.78 Å². The lowest BCUT2D eigenvalue weighted by atomic mass is 10.1. The number of hydrogen-bond donors (Lipinski definition) is 2. The Morgan fingerprint density at radius 3 is 2.24 bits per heavy atom. The molecule has 21 heavy (non-hydrogen) atoms. The normalized spacial score (nSPS) is 11.7. The lowest BCUT2D eigenvalue weighted by Crippen LogP contribution is -2.41. The van der Waals surface area contributed by atoms with Crippen LogP contribution in [0.3, 0.4) is 0 Å². The van der Waals surface area contributed by atoms with Gasteiger partial charge in [0, 0.05) is 23.7 Å². The van der Waals surface area contributed by atoms with Crippen molar-refractivity contribution >= 4 is 11.4 Å². The fraction of sp³-hybridized carbons (Fsp3) is 0.333. The van der Waals surface area contributed by atoms with Crippen LogP contribution in [-0.4, -0.2) is 5.54 Å². The average molecular weight is 294 g/mol. The van der Waals surface area contributed by atoms with Crippen LogP contribution in [0, 0.1) is 11.6 Å². The molecule has 2 aromatic carbocycles. The van der Waals surface area contributed by atoms with Gasteiger partial charge in [-0.25, -0.2) is 8.78 Å². The number of rotatable bonds is 4. The van der Waals surface area contributed by atoms with E-state index in [1.807, 2.05) is 20.8 Å². The van der Waals surface area contributed by atoms with Crippen LogP contribution in [0.15, 0.2) is 27.8 Å². The molecule has 2 N–H and O–H groups in total. The van der Waals surface area contributed by atoms with Gasteiger partial charge in [-0.3, -0.25) is 9.59 Å². The van der Waals surface area contributed by atoms with E-state index in [1.165, 1.54) is 6.07 Å². The highest BCUT2D eigenvalue weighted by Crippen LogP contribution is 2.20. The first-order chi connectivity index (χ1) is 9.69. The van der Waals surface area contributed by atoms with Crippen molar-refractivity contribution in [2.24, 2.45) is 0 Å². The Kier molecular flexibility index (Phi) is 3.80. The smallest absolute Gasteiger partial charge is 0.253 e. The first-order valence-corrected chi connectivity index (χ1v) is 6.48. The number of anilines is 2. The quantitative estimate of drug-likeness (QED) is 0.850. The molecule has 6 heteroatoms. The Morgan fingerprint density at radius 2 is 1.67 bits per heavy atom. The summed E-state index contributed by atoms with van der Waals surface area (Å²) in [6.45, 7) is 5.56. The highest BCUT2D eigenvalue weighted by molar-refractivity contribution is 5.74. The first kappa shape index (κ1) is 15.2. The Labute approximate surface area is 120 Å². The number of halogens is 2. The van der Waals surface area contributed by atoms with Crippen molar-refractivity contribution in [3.05, 3.63) is 55.8 Å². The minimum atomic E-state index is -0.702. The SMILES string of the molecule is CC(C)(C)Nc1c(NCc2ccc(F)cc2F)c(=O)c1=O. The van der Waals surface area contributed by atoms with Gasteiger partial charge in [0.25, 0.3) is 10.9 Å². The molecule has 2 rings (SSSR count). The number of benzene rings is 1. The van der Waals surface area contributed by atoms with Crippen LogP contribution in [0.5, 0.6) is 0 Å². The summed E-state index contributed by atoms with van der Waals surface area (Å²) in [5.41, 5.74) is -1.05. The van der Waals surface area contributed by atoms with Crippen molar-refractivity contribution in [1.29, 1.82) is 0 Å². The van der Waals surface area contributed by atoms with Gasteiger partial charge in [0.1, 0.15) is 23.0 Å². The van der Waals surface area contributed by atoms with Crippen molar-refractivity contribution in [3.8, 4) is 0 Å². The van der Waals surface area contributed by atoms with Gasteiger partial charge in [-0.2, -0.15) is 0 Å². The molecule has 0 amide bonds. The first-order valence-electron chi connectivity index (χ1n) is 6.48. The summed E-state index contributed by atoms with van der Waals surface area (Å²) < 4.78 is 26.3. The fourth-order valence-electron chi connectivity index (χ4n) is 1.90. The maximum Gasteiger partial charge on any atom is 0.253 e. The van der Waals surface area contributed by atoms with Gasteiger partial charge >= 0.3 is 0 Å². The minimum Gasteiger partial charge on any atom is -0.376 e. The predicted octanol–water partition coefficient (Wildman–Crippen LogP) is 2.38. The lowest BCUT2D eigenvalue weighted by Gasteiger charge is -2.24. The molecule has 0 saturated heterocycles. The summed E-state index contributed by atoms with van der Waals surface area (Å²) in [6.07, 6.45) is 0. The monoisotopic (exact) mass is 294 g/mol. The number of nitrogens with one attached hydrogen (secondary N) is 2. The second-order valence-corrected chi connectivity index (χ2v) is 5.87. The highest BCUT2D eigenvalue weighted by atomic mass is 19.1. The highest BCUT2D eigenvalue weighted by Gasteiger charge is 2.24. The Morgan fingerprint density at radius 1 is 1.05 bits per heavy atom. The molecule has 0 radical (unpaired) electrons. The fourth-order valence-corrected chi connectivity index (χ4v) is 1.90. The van der Waals surface area contributed by atoms with Crippen LogP contribution in [-0.2, 0) is 6.54 Å². The molecule has 2 aromatic rings. The van der Waals surface area contributed by atoms with Crippen molar-refractivity contribution in [2.45, 2.75) is 32.9 Å². The summed E-state index contributed by atoms with van der Waals surface area (Å²) in [5.74, 6) is -1.37. The Hall–Kier alpha value is -2.24. The molecule has 0 saturated carbocycles. The third-order valence-electron chi connectivity index (χ3n) is 2.88. The van der Waals surface area contributed by atoms with E-state index in [0.29, 0.717) is 0 Å². The van der Waals surface area contributed by atoms with E-state index in [9.17, 15) is 18.4 Å². The second-order valence-electron chi connectivity index (χ2n) is 5.87. The molecule has 0 bridgehead atoms. The van der Waals surface area contributed by atoms with Gasteiger partial charge in [-0.15, -0.1) is 0 Å². The molecule has 4 nitrogen and oxygen atoms in total. The largest absolute Gasteiger partial charge is 0.376 e. The minimum absolute atomic E-state index is 0.00418. The van der Waals surface area contributed by atoms with E-state index in [0.717, 1.165) is 12.1 Å². The molecule has 112 valence electrons. The number of hydrogen-bond acceptors (Lipinski definition) is 4. The summed E-state index contributed by atoms with van der Waals surface area (Å²) in [6, 6.07) is 3.20. The van der Waals surface area contributed by atoms with Crippen molar-refractivity contribution in [2.75, 3.05) is 10.6 Å². The summed E-state index contributed by atoms with van der Waals surface area (Å²) in [7, 11) is 0. The summed E-state index contributed by atoms with van der Waals surface area (Å²) in [5, 5.41) is 5.67. The van der Waals surface area contributed by atoms with Gasteiger partial charge in [-0.05, 0) is 26.8 Å². The van der Waals surface area contributed by atoms with Crippen LogP contribution in [0.25, 0.3) is 0 Å². The zero-order chi connectivity index (χ0) is 15.8. The topological polar surface area (TPSA) is 58.2 Å². The Bertz CT molecular complexity index is 741. The molecule has 0 aliphatic heterocycles. The van der Waals surface area contributed by atoms with Crippen LogP contribution < -0.4 is 21.5 Å². The second kappa shape index (κ2) is 5.27. The Balaban J connectivity index is 2.16. The zero-order valence-corrected chi connectivity index (χ0v) is 12.0. The molecule has 0 aliphatic carbocycles. The molecular formula is C15H16F2N2O2. The molecule has 0 heterocycles. The van der Waals surface area contributed by atoms with Gasteiger partial charge in [0.2, 0.25) is 0 Å². The van der Waals surface area contributed by atoms with Gasteiger partial charge in [0.05, 0.1) is 0 Å². The maximum atomic E-state index is 13.5. The van der Waals surface area contributed by atoms with E-state index in [1.54, 1.807) is 0 Å². The molecule has 0 fully saturated rings. The van der Waals surface area contributed by atoms with Crippen LogP contribution in [0.4, 0.5) is 20.2 Å². The molecule has 0 spiro atoms. The zero-order valence-electron chi connectivity index (χ0n) is 12.0. The molecular weight excluding hydrogens is 278 g/mol. The van der Waals surface area contributed by atoms with Crippen LogP contribution >= 0.6 is 0 Å². The third-order valence-corrected chi connectivity index (χ3v) is 2.88. The van der Waals surface area contributed by atoms with Crippen molar-refractivity contribution in [1.82, 2.24) is 0 Å². The van der Waals surface area contributed by atoms with E-state index in [4.69, 9.17) is 0 Å². The van der Waals surface area contributed by atoms with E-state index in [2.05, 4.69) is 10.6 Å². The van der Waals surface area contributed by atoms with E-state index in [-0.39, 0.29) is 29.0 Å². The predicted molar refractivity (Wildman–Crippen MR) is 78.4 cm³/mol. The van der Waals surface area contributed by atoms with Crippen LogP contribution in [0.1, 0.15) is 26.3 Å². The van der Waals surface area contributed by atoms with E-state index < -0.39 is 22.5 Å². The summed E-state index contributed by atoms with van der Waals surface area (Å²) >= 11 is 0. The maximum absolute atomic E-state index is 13.5. The summed E-state index contributed by atoms with van der Waals surface area (Å²) in [4.78, 5) is 23.1. The van der Waals surface area contributed by atoms with E-state index >= 15 is 0 Å². The lowest BCUT2D eigenvalue weighted by molar-refractivity contribution is 0.574. The molecule has 0 atom stereocenters. The molecule has 0 aromatic heterocycles. The van der Waals surface area contributed by atoms with Gasteiger partial charge in [-0.1, -0.05) is 6.07 Å².